The van der Waals surface area contributed by atoms with Crippen LogP contribution in [0.15, 0.2) is 54.2 Å². The Morgan fingerprint density at radius 2 is 1.68 bits per heavy atom. The van der Waals surface area contributed by atoms with Crippen molar-refractivity contribution in [1.82, 2.24) is 0 Å². The Morgan fingerprint density at radius 1 is 1.11 bits per heavy atom. The van der Waals surface area contributed by atoms with Crippen LogP contribution in [0.25, 0.3) is 0 Å². The van der Waals surface area contributed by atoms with E-state index < -0.39 is 5.91 Å². The molecule has 0 saturated heterocycles. The Hall–Kier alpha value is -3.59. The van der Waals surface area contributed by atoms with Crippen LogP contribution >= 0.6 is 0 Å². The summed E-state index contributed by atoms with van der Waals surface area (Å²) in [4.78, 5) is 26.1. The predicted molar refractivity (Wildman–Crippen MR) is 112 cm³/mol. The number of benzene rings is 2. The third-order valence-electron chi connectivity index (χ3n) is 4.37. The molecule has 0 saturated carbocycles. The van der Waals surface area contributed by atoms with Crippen LogP contribution in [-0.2, 0) is 22.4 Å². The molecule has 0 fully saturated rings. The van der Waals surface area contributed by atoms with Crippen LogP contribution in [0, 0.1) is 11.3 Å². The first-order chi connectivity index (χ1) is 13.4. The van der Waals surface area contributed by atoms with Gasteiger partial charge in [0.25, 0.3) is 5.91 Å². The van der Waals surface area contributed by atoms with E-state index in [1.165, 1.54) is 18.0 Å². The molecule has 0 aliphatic heterocycles. The molecule has 28 heavy (non-hydrogen) atoms. The molecule has 0 spiro atoms. The van der Waals surface area contributed by atoms with Gasteiger partial charge in [-0.25, -0.2) is 0 Å². The molecule has 0 unspecified atom stereocenters. The Kier molecular flexibility index (Phi) is 6.94. The minimum atomic E-state index is -0.556. The number of nitrogen functional groups attached to an aromatic ring is 1. The number of aryl methyl sites for hydroxylation is 2. The van der Waals surface area contributed by atoms with Gasteiger partial charge in [-0.2, -0.15) is 5.26 Å². The number of nitrogens with one attached hydrogen (secondary N) is 1. The van der Waals surface area contributed by atoms with Crippen molar-refractivity contribution >= 4 is 28.9 Å². The van der Waals surface area contributed by atoms with Crippen molar-refractivity contribution in [3.05, 3.63) is 65.4 Å². The second-order valence-corrected chi connectivity index (χ2v) is 6.25. The molecular weight excluding hydrogens is 352 g/mol. The van der Waals surface area contributed by atoms with Crippen molar-refractivity contribution in [2.75, 3.05) is 16.0 Å². The fourth-order valence-electron chi connectivity index (χ4n) is 2.83. The lowest BCUT2D eigenvalue weighted by molar-refractivity contribution is -0.116. The van der Waals surface area contributed by atoms with Crippen molar-refractivity contribution in [2.45, 2.75) is 33.6 Å². The summed E-state index contributed by atoms with van der Waals surface area (Å²) >= 11 is 0. The summed E-state index contributed by atoms with van der Waals surface area (Å²) in [7, 11) is 0. The van der Waals surface area contributed by atoms with Gasteiger partial charge in [0.2, 0.25) is 5.91 Å². The standard InChI is InChI=1S/C22H24N4O2/c1-4-16-7-6-8-17(5-2)21(16)25-22(28)18(13-23)14-26(15(3)27)20-11-9-19(24)10-12-20/h6-12,14H,4-5,24H2,1-3H3,(H,25,28)/b18-14-. The van der Waals surface area contributed by atoms with E-state index in [9.17, 15) is 14.9 Å². The number of carbonyl (C=O) groups excluding carboxylic acids is 2. The van der Waals surface area contributed by atoms with E-state index in [1.54, 1.807) is 24.3 Å². The summed E-state index contributed by atoms with van der Waals surface area (Å²) in [5.41, 5.74) is 9.30. The molecule has 6 nitrogen and oxygen atoms in total. The van der Waals surface area contributed by atoms with Gasteiger partial charge in [-0.1, -0.05) is 32.0 Å². The van der Waals surface area contributed by atoms with E-state index in [0.717, 1.165) is 29.7 Å². The zero-order chi connectivity index (χ0) is 20.7. The van der Waals surface area contributed by atoms with E-state index in [0.29, 0.717) is 11.4 Å². The van der Waals surface area contributed by atoms with Crippen molar-refractivity contribution in [1.29, 1.82) is 5.26 Å². The van der Waals surface area contributed by atoms with Crippen LogP contribution in [0.2, 0.25) is 0 Å². The highest BCUT2D eigenvalue weighted by Crippen LogP contribution is 2.24. The highest BCUT2D eigenvalue weighted by atomic mass is 16.2. The summed E-state index contributed by atoms with van der Waals surface area (Å²) in [6.45, 7) is 5.37. The first-order valence-electron chi connectivity index (χ1n) is 9.10. The molecule has 0 bridgehead atoms. The number of hydrogen-bond donors (Lipinski definition) is 2. The molecule has 0 aliphatic carbocycles. The van der Waals surface area contributed by atoms with Gasteiger partial charge in [-0.15, -0.1) is 0 Å². The van der Waals surface area contributed by atoms with E-state index >= 15 is 0 Å². The molecule has 0 heterocycles. The summed E-state index contributed by atoms with van der Waals surface area (Å²) in [5, 5.41) is 12.4. The highest BCUT2D eigenvalue weighted by Gasteiger charge is 2.17. The third-order valence-corrected chi connectivity index (χ3v) is 4.37. The highest BCUT2D eigenvalue weighted by molar-refractivity contribution is 6.08. The van der Waals surface area contributed by atoms with Gasteiger partial charge in [0.05, 0.1) is 0 Å². The molecule has 2 aromatic carbocycles. The summed E-state index contributed by atoms with van der Waals surface area (Å²) in [5.74, 6) is -0.881. The molecule has 2 rings (SSSR count). The van der Waals surface area contributed by atoms with Crippen molar-refractivity contribution in [2.24, 2.45) is 0 Å². The Labute approximate surface area is 165 Å². The van der Waals surface area contributed by atoms with Crippen LogP contribution < -0.4 is 16.0 Å². The molecule has 2 amide bonds. The second-order valence-electron chi connectivity index (χ2n) is 6.25. The summed E-state index contributed by atoms with van der Waals surface area (Å²) in [6, 6.07) is 14.3. The monoisotopic (exact) mass is 376 g/mol. The van der Waals surface area contributed by atoms with Crippen LogP contribution in [0.4, 0.5) is 17.1 Å². The van der Waals surface area contributed by atoms with E-state index in [4.69, 9.17) is 5.73 Å². The van der Waals surface area contributed by atoms with Gasteiger partial charge >= 0.3 is 0 Å². The molecule has 0 radical (unpaired) electrons. The van der Waals surface area contributed by atoms with Gasteiger partial charge < -0.3 is 11.1 Å². The van der Waals surface area contributed by atoms with Crippen molar-refractivity contribution < 1.29 is 9.59 Å². The molecule has 0 aliphatic rings. The molecule has 3 N–H and O–H groups in total. The lowest BCUT2D eigenvalue weighted by Crippen LogP contribution is -2.25. The number of amides is 2. The molecule has 144 valence electrons. The number of hydrogen-bond acceptors (Lipinski definition) is 4. The van der Waals surface area contributed by atoms with Gasteiger partial charge in [0.15, 0.2) is 0 Å². The van der Waals surface area contributed by atoms with Crippen LogP contribution in [0.3, 0.4) is 0 Å². The first kappa shape index (κ1) is 20.7. The Bertz CT molecular complexity index is 918. The number of nitrogens with two attached hydrogens (primary N) is 1. The molecule has 0 atom stereocenters. The van der Waals surface area contributed by atoms with Crippen LogP contribution in [0.5, 0.6) is 0 Å². The lowest BCUT2D eigenvalue weighted by Gasteiger charge is -2.18. The number of nitrogens with zero attached hydrogens (tertiary/aromatic N) is 2. The third kappa shape index (κ3) is 4.77. The SMILES string of the molecule is CCc1cccc(CC)c1NC(=O)/C(C#N)=C\N(C(C)=O)c1ccc(N)cc1. The lowest BCUT2D eigenvalue weighted by atomic mass is 10.0. The normalized spacial score (nSPS) is 10.9. The second kappa shape index (κ2) is 9.38. The Balaban J connectivity index is 2.38. The van der Waals surface area contributed by atoms with Gasteiger partial charge in [-0.3, -0.25) is 14.5 Å². The van der Waals surface area contributed by atoms with E-state index in [-0.39, 0.29) is 11.5 Å². The number of rotatable bonds is 6. The molecule has 2 aromatic rings. The molecular formula is C22H24N4O2. The maximum atomic E-state index is 12.8. The largest absolute Gasteiger partial charge is 0.399 e. The fraction of sp³-hybridized carbons (Fsp3) is 0.227. The quantitative estimate of drug-likeness (QED) is 0.455. The van der Waals surface area contributed by atoms with Crippen LogP contribution in [-0.4, -0.2) is 11.8 Å². The minimum Gasteiger partial charge on any atom is -0.399 e. The molecule has 6 heteroatoms. The zero-order valence-corrected chi connectivity index (χ0v) is 16.3. The average Bonchev–Trinajstić information content (AvgIpc) is 2.69. The number of anilines is 3. The maximum Gasteiger partial charge on any atom is 0.267 e. The summed E-state index contributed by atoms with van der Waals surface area (Å²) < 4.78 is 0. The van der Waals surface area contributed by atoms with Gasteiger partial charge in [0, 0.05) is 30.2 Å². The number of para-hydroxylation sites is 1. The predicted octanol–water partition coefficient (Wildman–Crippen LogP) is 3.79. The fourth-order valence-corrected chi connectivity index (χ4v) is 2.83. The minimum absolute atomic E-state index is 0.167. The number of nitriles is 1. The smallest absolute Gasteiger partial charge is 0.267 e. The first-order valence-corrected chi connectivity index (χ1v) is 9.10. The van der Waals surface area contributed by atoms with Crippen molar-refractivity contribution in [3.8, 4) is 6.07 Å². The van der Waals surface area contributed by atoms with E-state index in [2.05, 4.69) is 5.32 Å². The zero-order valence-electron chi connectivity index (χ0n) is 16.3. The maximum absolute atomic E-state index is 12.8. The molecule has 0 aromatic heterocycles. The van der Waals surface area contributed by atoms with Gasteiger partial charge in [0.1, 0.15) is 11.6 Å². The average molecular weight is 376 g/mol. The van der Waals surface area contributed by atoms with E-state index in [1.807, 2.05) is 38.1 Å². The Morgan fingerprint density at radius 3 is 2.14 bits per heavy atom. The van der Waals surface area contributed by atoms with Crippen LogP contribution in [0.1, 0.15) is 31.9 Å². The van der Waals surface area contributed by atoms with Crippen molar-refractivity contribution in [3.63, 3.8) is 0 Å². The number of carbonyl (C=O) groups is 2. The van der Waals surface area contributed by atoms with Gasteiger partial charge in [-0.05, 0) is 48.2 Å². The summed E-state index contributed by atoms with van der Waals surface area (Å²) in [6.07, 6.45) is 2.75. The topological polar surface area (TPSA) is 99.2 Å².